The predicted molar refractivity (Wildman–Crippen MR) is 168 cm³/mol. The summed E-state index contributed by atoms with van der Waals surface area (Å²) in [7, 11) is 0. The highest BCUT2D eigenvalue weighted by atomic mass is 16.1. The lowest BCUT2D eigenvalue weighted by atomic mass is 9.58. The molecule has 196 valence electrons. The minimum Gasteiger partial charge on any atom is -0.289 e. The maximum Gasteiger partial charge on any atom is 0.264 e. The zero-order valence-corrected chi connectivity index (χ0v) is 22.5. The van der Waals surface area contributed by atoms with E-state index in [1.54, 1.807) is 0 Å². The molecule has 0 amide bonds. The van der Waals surface area contributed by atoms with Crippen LogP contribution in [-0.2, 0) is 5.41 Å². The van der Waals surface area contributed by atoms with Crippen LogP contribution < -0.4 is 5.56 Å². The quantitative estimate of drug-likeness (QED) is 0.199. The van der Waals surface area contributed by atoms with Gasteiger partial charge in [-0.25, -0.2) is 0 Å². The second-order valence-corrected chi connectivity index (χ2v) is 11.1. The molecule has 1 aromatic heterocycles. The second-order valence-electron chi connectivity index (χ2n) is 11.1. The van der Waals surface area contributed by atoms with E-state index in [-0.39, 0.29) is 11.3 Å². The maximum atomic E-state index is 14.8. The Morgan fingerprint density at radius 2 is 1.00 bits per heavy atom. The fraction of sp³-hybridized carbons (Fsp3) is 0.0256. The monoisotopic (exact) mass is 537 g/mol. The number of ketones is 1. The molecule has 7 aromatic rings. The summed E-state index contributed by atoms with van der Waals surface area (Å²) in [5.41, 5.74) is 8.16. The first kappa shape index (κ1) is 23.2. The van der Waals surface area contributed by atoms with Crippen molar-refractivity contribution in [2.24, 2.45) is 0 Å². The van der Waals surface area contributed by atoms with Gasteiger partial charge in [0.25, 0.3) is 5.56 Å². The molecule has 6 aromatic carbocycles. The average molecular weight is 538 g/mol. The van der Waals surface area contributed by atoms with Crippen LogP contribution in [0.3, 0.4) is 0 Å². The van der Waals surface area contributed by atoms with Gasteiger partial charge in [0, 0.05) is 16.5 Å². The first-order chi connectivity index (χ1) is 20.7. The largest absolute Gasteiger partial charge is 0.289 e. The van der Waals surface area contributed by atoms with E-state index in [0.717, 1.165) is 55.4 Å². The van der Waals surface area contributed by atoms with Crippen molar-refractivity contribution in [2.45, 2.75) is 5.41 Å². The summed E-state index contributed by atoms with van der Waals surface area (Å²) in [6, 6.07) is 46.8. The number of pyridine rings is 1. The van der Waals surface area contributed by atoms with Crippen molar-refractivity contribution < 1.29 is 4.79 Å². The normalized spacial score (nSPS) is 14.0. The number of carbonyl (C=O) groups excluding carboxylic acids is 1. The molecule has 0 radical (unpaired) electrons. The molecule has 3 nitrogen and oxygen atoms in total. The minimum absolute atomic E-state index is 0.0328. The van der Waals surface area contributed by atoms with Gasteiger partial charge in [-0.3, -0.25) is 14.2 Å². The van der Waals surface area contributed by atoms with E-state index in [1.807, 2.05) is 89.5 Å². The van der Waals surface area contributed by atoms with Gasteiger partial charge in [-0.05, 0) is 44.8 Å². The molecule has 0 saturated carbocycles. The molecule has 0 unspecified atom stereocenters. The van der Waals surface area contributed by atoms with Gasteiger partial charge in [0.2, 0.25) is 0 Å². The van der Waals surface area contributed by atoms with E-state index in [2.05, 4.69) is 54.6 Å². The molecule has 3 heteroatoms. The Kier molecular flexibility index (Phi) is 4.55. The van der Waals surface area contributed by atoms with Crippen molar-refractivity contribution in [1.82, 2.24) is 4.57 Å². The zero-order valence-electron chi connectivity index (χ0n) is 22.5. The molecule has 0 fully saturated rings. The number of fused-ring (bicyclic) bond motifs is 10. The summed E-state index contributed by atoms with van der Waals surface area (Å²) in [6.45, 7) is 0. The van der Waals surface area contributed by atoms with Crippen LogP contribution in [0.2, 0.25) is 0 Å². The topological polar surface area (TPSA) is 39.1 Å². The lowest BCUT2D eigenvalue weighted by Gasteiger charge is -2.45. The molecular weight excluding hydrogens is 514 g/mol. The summed E-state index contributed by atoms with van der Waals surface area (Å²) < 4.78 is 1.92. The van der Waals surface area contributed by atoms with Gasteiger partial charge in [-0.15, -0.1) is 0 Å². The Bertz CT molecular complexity index is 2300. The Morgan fingerprint density at radius 1 is 0.452 bits per heavy atom. The van der Waals surface area contributed by atoms with Crippen molar-refractivity contribution in [1.29, 1.82) is 0 Å². The Balaban J connectivity index is 1.55. The number of rotatable bonds is 1. The molecule has 0 saturated heterocycles. The molecule has 9 rings (SSSR count). The summed E-state index contributed by atoms with van der Waals surface area (Å²) in [5, 5.41) is 2.65. The number of nitrogens with zero attached hydrogens (tertiary/aromatic N) is 1. The smallest absolute Gasteiger partial charge is 0.264 e. The highest BCUT2D eigenvalue weighted by Gasteiger charge is 2.50. The molecule has 1 aliphatic heterocycles. The van der Waals surface area contributed by atoms with Crippen LogP contribution >= 0.6 is 0 Å². The lowest BCUT2D eigenvalue weighted by Crippen LogP contribution is -2.42. The maximum absolute atomic E-state index is 14.8. The SMILES string of the molecule is O=C1c2ccccc2C2(c3ccccc31)c1ccccc1-n1c(=O)c3c(-c4ccccc4)cccc3c3cccc2c31. The van der Waals surface area contributed by atoms with Crippen molar-refractivity contribution in [3.05, 3.63) is 183 Å². The van der Waals surface area contributed by atoms with E-state index >= 15 is 0 Å². The van der Waals surface area contributed by atoms with Gasteiger partial charge in [0.05, 0.1) is 22.0 Å². The average Bonchev–Trinajstić information content (AvgIpc) is 3.06. The van der Waals surface area contributed by atoms with Crippen LogP contribution in [0.15, 0.2) is 144 Å². The van der Waals surface area contributed by atoms with Crippen molar-refractivity contribution in [3.63, 3.8) is 0 Å². The van der Waals surface area contributed by atoms with E-state index in [1.165, 1.54) is 0 Å². The third kappa shape index (κ3) is 2.70. The number of carbonyl (C=O) groups is 1. The number of benzene rings is 6. The van der Waals surface area contributed by atoms with Crippen molar-refractivity contribution in [3.8, 4) is 16.8 Å². The van der Waals surface area contributed by atoms with Gasteiger partial charge in [-0.1, -0.05) is 133 Å². The van der Waals surface area contributed by atoms with Crippen molar-refractivity contribution >= 4 is 27.5 Å². The predicted octanol–water partition coefficient (Wildman–Crippen LogP) is 8.05. The molecular formula is C39H23NO2. The van der Waals surface area contributed by atoms with Crippen LogP contribution in [-0.4, -0.2) is 10.4 Å². The lowest BCUT2D eigenvalue weighted by molar-refractivity contribution is 0.103. The third-order valence-corrected chi connectivity index (χ3v) is 9.22. The Labute approximate surface area is 241 Å². The fourth-order valence-corrected chi connectivity index (χ4v) is 7.63. The summed E-state index contributed by atoms with van der Waals surface area (Å²) in [4.78, 5) is 28.7. The first-order valence-electron chi connectivity index (χ1n) is 14.2. The van der Waals surface area contributed by atoms with Crippen molar-refractivity contribution in [2.75, 3.05) is 0 Å². The third-order valence-electron chi connectivity index (χ3n) is 9.22. The molecule has 0 atom stereocenters. The zero-order chi connectivity index (χ0) is 28.0. The summed E-state index contributed by atoms with van der Waals surface area (Å²) in [5.74, 6) is 0.0328. The van der Waals surface area contributed by atoms with Gasteiger partial charge < -0.3 is 0 Å². The summed E-state index contributed by atoms with van der Waals surface area (Å²) in [6.07, 6.45) is 0. The van der Waals surface area contributed by atoms with Crippen LogP contribution in [0.5, 0.6) is 0 Å². The summed E-state index contributed by atoms with van der Waals surface area (Å²) >= 11 is 0. The van der Waals surface area contributed by atoms with Gasteiger partial charge in [0.1, 0.15) is 0 Å². The number of hydrogen-bond acceptors (Lipinski definition) is 2. The fourth-order valence-electron chi connectivity index (χ4n) is 7.63. The van der Waals surface area contributed by atoms with E-state index in [4.69, 9.17) is 0 Å². The van der Waals surface area contributed by atoms with E-state index in [9.17, 15) is 9.59 Å². The molecule has 0 bridgehead atoms. The van der Waals surface area contributed by atoms with Gasteiger partial charge in [0.15, 0.2) is 5.78 Å². The number of aromatic nitrogens is 1. The highest BCUT2D eigenvalue weighted by Crippen LogP contribution is 2.56. The number of para-hydroxylation sites is 2. The molecule has 2 aliphatic rings. The molecule has 1 spiro atoms. The number of hydrogen-bond donors (Lipinski definition) is 0. The second kappa shape index (κ2) is 8.25. The van der Waals surface area contributed by atoms with E-state index < -0.39 is 5.41 Å². The van der Waals surface area contributed by atoms with Gasteiger partial charge >= 0.3 is 0 Å². The van der Waals surface area contributed by atoms with E-state index in [0.29, 0.717) is 16.5 Å². The minimum atomic E-state index is -0.769. The van der Waals surface area contributed by atoms with Gasteiger partial charge in [-0.2, -0.15) is 0 Å². The highest BCUT2D eigenvalue weighted by molar-refractivity contribution is 6.16. The Hall–Kier alpha value is -5.54. The van der Waals surface area contributed by atoms with Crippen LogP contribution in [0.4, 0.5) is 0 Å². The standard InChI is InChI=1S/C39H23NO2/c41-37-28-14-4-6-19-30(28)39(31-20-7-5-15-29(31)37)32-21-8-9-23-34(32)40-36-27(18-11-22-33(36)39)26-17-10-16-25(35(26)38(40)42)24-12-2-1-3-13-24/h1-23H. The van der Waals surface area contributed by atoms with Crippen LogP contribution in [0, 0.1) is 0 Å². The Morgan fingerprint density at radius 3 is 1.74 bits per heavy atom. The molecule has 0 N–H and O–H groups in total. The molecule has 42 heavy (non-hydrogen) atoms. The van der Waals surface area contributed by atoms with Crippen LogP contribution in [0.25, 0.3) is 38.5 Å². The molecule has 2 heterocycles. The molecule has 1 aliphatic carbocycles. The van der Waals surface area contributed by atoms with Crippen LogP contribution in [0.1, 0.15) is 38.2 Å². The first-order valence-corrected chi connectivity index (χ1v) is 14.2.